The summed E-state index contributed by atoms with van der Waals surface area (Å²) < 4.78 is 387. The zero-order valence-electron chi connectivity index (χ0n) is 20.2. The van der Waals surface area contributed by atoms with Crippen LogP contribution in [0.1, 0.15) is 0 Å². The third-order valence-corrected chi connectivity index (χ3v) is 5.93. The van der Waals surface area contributed by atoms with Gasteiger partial charge in [0.2, 0.25) is 0 Å². The van der Waals surface area contributed by atoms with E-state index in [4.69, 9.17) is 0 Å². The van der Waals surface area contributed by atoms with Crippen LogP contribution < -0.4 is 0 Å². The molecule has 0 saturated heterocycles. The summed E-state index contributed by atoms with van der Waals surface area (Å²) in [6.45, 7) is -4.71. The Morgan fingerprint density at radius 2 is 0.625 bits per heavy atom. The van der Waals surface area contributed by atoms with Gasteiger partial charge in [0.05, 0.1) is 0 Å². The SMILES string of the molecule is O=S(=O)(OCC(F)(F)C(F)(F)C(F)(F)OC(F)(F)C(F)(F)OC(F)(F)C(F)(F)C(F)(F)C(F)(F)F)C(F)(F)C(F)(F)C(F)(F)C(F)(F)F. The van der Waals surface area contributed by atoms with Crippen LogP contribution in [0, 0.1) is 0 Å². The van der Waals surface area contributed by atoms with E-state index in [-0.39, 0.29) is 0 Å². The molecule has 0 aliphatic heterocycles. The normalized spacial score (nSPS) is 16.8. The van der Waals surface area contributed by atoms with Crippen LogP contribution in [0.4, 0.5) is 123 Å². The summed E-state index contributed by atoms with van der Waals surface area (Å²) in [4.78, 5) is 0. The fraction of sp³-hybridized carbons (Fsp3) is 1.00. The third kappa shape index (κ3) is 7.06. The van der Waals surface area contributed by atoms with Gasteiger partial charge in [-0.15, -0.1) is 0 Å². The zero-order valence-corrected chi connectivity index (χ0v) is 21.1. The van der Waals surface area contributed by atoms with Crippen molar-refractivity contribution >= 4 is 10.1 Å². The van der Waals surface area contributed by atoms with Gasteiger partial charge >= 0.3 is 87.7 Å². The molecule has 0 aromatic heterocycles. The lowest BCUT2D eigenvalue weighted by atomic mass is 10.1. The van der Waals surface area contributed by atoms with Crippen LogP contribution in [-0.4, -0.2) is 92.6 Å². The van der Waals surface area contributed by atoms with Crippen LogP contribution in [0.15, 0.2) is 0 Å². The second-order valence-electron chi connectivity index (χ2n) is 8.08. The van der Waals surface area contributed by atoms with Crippen LogP contribution in [-0.2, 0) is 23.8 Å². The van der Waals surface area contributed by atoms with E-state index in [9.17, 15) is 131 Å². The molecule has 0 heterocycles. The van der Waals surface area contributed by atoms with Crippen molar-refractivity contribution < 1.29 is 145 Å². The van der Waals surface area contributed by atoms with Crippen molar-refractivity contribution in [1.82, 2.24) is 0 Å². The first kappa shape index (κ1) is 45.9. The van der Waals surface area contributed by atoms with Gasteiger partial charge in [-0.25, -0.2) is 9.47 Å². The maximum atomic E-state index is 13.5. The molecule has 0 fully saturated rings. The number of halogens is 28. The smallest absolute Gasteiger partial charge is 0.259 e. The first-order valence-corrected chi connectivity index (χ1v) is 11.1. The Bertz CT molecular complexity index is 1260. The summed E-state index contributed by atoms with van der Waals surface area (Å²) in [7, 11) is -8.66. The molecule has 0 aliphatic rings. The summed E-state index contributed by atoms with van der Waals surface area (Å²) in [6, 6.07) is 0. The fourth-order valence-electron chi connectivity index (χ4n) is 1.98. The van der Waals surface area contributed by atoms with E-state index < -0.39 is 94.3 Å². The third-order valence-electron chi connectivity index (χ3n) is 4.62. The molecule has 0 atom stereocenters. The average Bonchev–Trinajstić information content (AvgIpc) is 2.79. The molecular weight excluding hydrogens is 812 g/mol. The van der Waals surface area contributed by atoms with E-state index in [1.54, 1.807) is 0 Å². The summed E-state index contributed by atoms with van der Waals surface area (Å²) in [5.41, 5.74) is 0. The summed E-state index contributed by atoms with van der Waals surface area (Å²) in [6.07, 6.45) is -49.2. The fourth-order valence-corrected chi connectivity index (χ4v) is 2.87. The topological polar surface area (TPSA) is 61.8 Å². The Kier molecular flexibility index (Phi) is 11.2. The van der Waals surface area contributed by atoms with Crippen molar-refractivity contribution in [3.8, 4) is 0 Å². The van der Waals surface area contributed by atoms with Gasteiger partial charge in [0.1, 0.15) is 6.61 Å². The minimum absolute atomic E-state index is 0.956. The van der Waals surface area contributed by atoms with E-state index in [1.807, 2.05) is 4.18 Å². The Balaban J connectivity index is 6.49. The number of ether oxygens (including phenoxy) is 2. The first-order valence-electron chi connectivity index (χ1n) is 9.70. The van der Waals surface area contributed by atoms with Crippen molar-refractivity contribution in [3.05, 3.63) is 0 Å². The minimum atomic E-state index is -8.66. The predicted octanol–water partition coefficient (Wildman–Crippen LogP) is 8.27. The number of alkyl halides is 28. The Morgan fingerprint density at radius 3 is 0.917 bits per heavy atom. The highest BCUT2D eigenvalue weighted by Gasteiger charge is 2.88. The first-order chi connectivity index (χ1) is 20.1. The second-order valence-corrected chi connectivity index (χ2v) is 9.73. The van der Waals surface area contributed by atoms with Gasteiger partial charge in [0, 0.05) is 0 Å². The Morgan fingerprint density at radius 1 is 0.354 bits per heavy atom. The van der Waals surface area contributed by atoms with E-state index in [2.05, 4.69) is 0 Å². The van der Waals surface area contributed by atoms with Crippen molar-refractivity contribution in [3.63, 3.8) is 0 Å². The lowest BCUT2D eigenvalue weighted by Gasteiger charge is -2.38. The number of hydrogen-bond donors (Lipinski definition) is 0. The summed E-state index contributed by atoms with van der Waals surface area (Å²) in [5, 5.41) is -8.19. The van der Waals surface area contributed by atoms with Crippen LogP contribution in [0.5, 0.6) is 0 Å². The molecule has 5 nitrogen and oxygen atoms in total. The molecular formula is C14H2F28O5S. The average molecular weight is 814 g/mol. The maximum Gasteiger partial charge on any atom is 0.460 e. The monoisotopic (exact) mass is 814 g/mol. The molecule has 0 bridgehead atoms. The van der Waals surface area contributed by atoms with Gasteiger partial charge in [-0.1, -0.05) is 0 Å². The van der Waals surface area contributed by atoms with Crippen LogP contribution in [0.3, 0.4) is 0 Å². The molecule has 0 aliphatic carbocycles. The van der Waals surface area contributed by atoms with E-state index in [0.717, 1.165) is 9.47 Å². The largest absolute Gasteiger partial charge is 0.460 e. The number of rotatable bonds is 15. The van der Waals surface area contributed by atoms with Gasteiger partial charge in [-0.05, 0) is 0 Å². The molecule has 34 heteroatoms. The molecule has 0 radical (unpaired) electrons. The standard InChI is InChI=1S/C14H2F28O5S/c15-2(16,1-45-48(43,44)14(41,42)7(25,26)5(21,22)9(30,31)32)3(17,18)10(33,34)46-12(37,38)13(39,40)47-11(35,36)6(23,24)4(19,20)8(27,28)29/h1H2. The summed E-state index contributed by atoms with van der Waals surface area (Å²) >= 11 is 0. The molecule has 0 amide bonds. The molecule has 0 unspecified atom stereocenters. The van der Waals surface area contributed by atoms with Crippen molar-refractivity contribution in [2.75, 3.05) is 6.61 Å². The van der Waals surface area contributed by atoms with Gasteiger partial charge in [0.25, 0.3) is 0 Å². The quantitative estimate of drug-likeness (QED) is 0.123. The van der Waals surface area contributed by atoms with Gasteiger partial charge in [-0.2, -0.15) is 131 Å². The van der Waals surface area contributed by atoms with Gasteiger partial charge < -0.3 is 0 Å². The molecule has 0 saturated carbocycles. The molecule has 0 spiro atoms. The lowest BCUT2D eigenvalue weighted by Crippen LogP contribution is -2.66. The zero-order chi connectivity index (χ0) is 39.8. The highest BCUT2D eigenvalue weighted by Crippen LogP contribution is 2.58. The minimum Gasteiger partial charge on any atom is -0.259 e. The van der Waals surface area contributed by atoms with Crippen LogP contribution in [0.2, 0.25) is 0 Å². The molecule has 0 N–H and O–H groups in total. The molecule has 0 aromatic carbocycles. The Hall–Kier alpha value is -2.13. The van der Waals surface area contributed by atoms with E-state index >= 15 is 0 Å². The number of hydrogen-bond acceptors (Lipinski definition) is 5. The summed E-state index contributed by atoms with van der Waals surface area (Å²) in [5.74, 6) is -49.4. The van der Waals surface area contributed by atoms with E-state index in [1.165, 1.54) is 0 Å². The van der Waals surface area contributed by atoms with Gasteiger partial charge in [-0.3, -0.25) is 4.18 Å². The van der Waals surface area contributed by atoms with E-state index in [0.29, 0.717) is 0 Å². The second kappa shape index (κ2) is 11.7. The molecule has 0 rings (SSSR count). The molecule has 48 heavy (non-hydrogen) atoms. The maximum absolute atomic E-state index is 13.5. The Labute approximate surface area is 240 Å². The van der Waals surface area contributed by atoms with Crippen LogP contribution >= 0.6 is 0 Å². The highest BCUT2D eigenvalue weighted by atomic mass is 32.2. The van der Waals surface area contributed by atoms with Crippen LogP contribution in [0.25, 0.3) is 0 Å². The predicted molar refractivity (Wildman–Crippen MR) is 83.6 cm³/mol. The van der Waals surface area contributed by atoms with Gasteiger partial charge in [0.15, 0.2) is 0 Å². The van der Waals surface area contributed by atoms with Crippen molar-refractivity contribution in [2.45, 2.75) is 77.6 Å². The van der Waals surface area contributed by atoms with Crippen molar-refractivity contribution in [2.24, 2.45) is 0 Å². The lowest BCUT2D eigenvalue weighted by molar-refractivity contribution is -0.555. The molecule has 0 aromatic rings. The van der Waals surface area contributed by atoms with Crippen molar-refractivity contribution in [1.29, 1.82) is 0 Å². The molecule has 290 valence electrons. The highest BCUT2D eigenvalue weighted by molar-refractivity contribution is 7.87.